The first-order chi connectivity index (χ1) is 14.1. The molecule has 0 saturated heterocycles. The number of carbonyl (C=O) groups is 1. The lowest BCUT2D eigenvalue weighted by Gasteiger charge is -2.27. The first kappa shape index (κ1) is 19.3. The zero-order valence-corrected chi connectivity index (χ0v) is 16.9. The Labute approximate surface area is 174 Å². The van der Waals surface area contributed by atoms with Crippen molar-refractivity contribution in [2.45, 2.75) is 29.1 Å². The summed E-state index contributed by atoms with van der Waals surface area (Å²) in [5, 5.41) is 12.6. The number of ether oxygens (including phenoxy) is 1. The molecule has 0 bridgehead atoms. The molecule has 29 heavy (non-hydrogen) atoms. The Morgan fingerprint density at radius 3 is 2.93 bits per heavy atom. The second kappa shape index (κ2) is 8.57. The molecule has 6 heteroatoms. The molecule has 2 heterocycles. The molecule has 1 aliphatic heterocycles. The number of pyridine rings is 1. The molecule has 0 saturated carbocycles. The monoisotopic (exact) mass is 406 g/mol. The third-order valence-corrected chi connectivity index (χ3v) is 5.94. The summed E-state index contributed by atoms with van der Waals surface area (Å²) in [6, 6.07) is 16.3. The molecule has 1 aromatic heterocycles. The normalized spacial score (nSPS) is 15.3. The van der Waals surface area contributed by atoms with E-state index in [0.717, 1.165) is 22.6 Å². The van der Waals surface area contributed by atoms with Gasteiger partial charge in [-0.1, -0.05) is 35.5 Å². The van der Waals surface area contributed by atoms with Gasteiger partial charge >= 0.3 is 5.97 Å². The predicted molar refractivity (Wildman–Crippen MR) is 114 cm³/mol. The van der Waals surface area contributed by atoms with Gasteiger partial charge in [-0.05, 0) is 49.2 Å². The number of fused-ring (bicyclic) bond motifs is 1. The van der Waals surface area contributed by atoms with Crippen LogP contribution in [0.25, 0.3) is 0 Å². The second-order valence-electron chi connectivity index (χ2n) is 7.06. The van der Waals surface area contributed by atoms with E-state index < -0.39 is 5.97 Å². The van der Waals surface area contributed by atoms with Crippen molar-refractivity contribution in [1.29, 1.82) is 0 Å². The summed E-state index contributed by atoms with van der Waals surface area (Å²) in [6.45, 7) is 3.37. The molecule has 1 unspecified atom stereocenters. The minimum absolute atomic E-state index is 0.234. The number of benzene rings is 2. The second-order valence-corrected chi connectivity index (χ2v) is 8.21. The number of aromatic carboxylic acids is 1. The standard InChI is InChI=1S/C23H22N2O3S/c1-15-3-2-4-17(11-15)29-18-5-6-19-16(8-10-28-22(19)12-18)13-25-21-14-24-9-7-20(21)23(26)27/h2-7,9,11-12,14,16,25H,8,10,13H2,1H3,(H,26,27). The Bertz CT molecular complexity index is 1040. The van der Waals surface area contributed by atoms with Crippen LogP contribution in [0.1, 0.15) is 33.8 Å². The van der Waals surface area contributed by atoms with Crippen LogP contribution >= 0.6 is 11.8 Å². The van der Waals surface area contributed by atoms with Gasteiger partial charge in [-0.3, -0.25) is 4.98 Å². The van der Waals surface area contributed by atoms with E-state index in [2.05, 4.69) is 59.7 Å². The smallest absolute Gasteiger partial charge is 0.337 e. The molecule has 0 radical (unpaired) electrons. The largest absolute Gasteiger partial charge is 0.493 e. The van der Waals surface area contributed by atoms with Gasteiger partial charge in [0.1, 0.15) is 5.75 Å². The van der Waals surface area contributed by atoms with Crippen LogP contribution < -0.4 is 10.1 Å². The molecule has 0 amide bonds. The highest BCUT2D eigenvalue weighted by Gasteiger charge is 2.22. The maximum atomic E-state index is 11.4. The van der Waals surface area contributed by atoms with E-state index >= 15 is 0 Å². The molecular formula is C23H22N2O3S. The van der Waals surface area contributed by atoms with Gasteiger partial charge in [0, 0.05) is 28.5 Å². The maximum Gasteiger partial charge on any atom is 0.337 e. The number of nitrogens with zero attached hydrogens (tertiary/aromatic N) is 1. The van der Waals surface area contributed by atoms with Crippen molar-refractivity contribution in [2.75, 3.05) is 18.5 Å². The molecule has 0 spiro atoms. The third kappa shape index (κ3) is 4.54. The maximum absolute atomic E-state index is 11.4. The Hall–Kier alpha value is -2.99. The highest BCUT2D eigenvalue weighted by atomic mass is 32.2. The minimum Gasteiger partial charge on any atom is -0.493 e. The van der Waals surface area contributed by atoms with Crippen molar-refractivity contribution in [3.63, 3.8) is 0 Å². The molecule has 1 atom stereocenters. The predicted octanol–water partition coefficient (Wildman–Crippen LogP) is 5.22. The van der Waals surface area contributed by atoms with Gasteiger partial charge in [-0.25, -0.2) is 4.79 Å². The molecule has 0 aliphatic carbocycles. The molecule has 148 valence electrons. The quantitative estimate of drug-likeness (QED) is 0.585. The van der Waals surface area contributed by atoms with E-state index in [9.17, 15) is 9.90 Å². The average Bonchev–Trinajstić information content (AvgIpc) is 2.72. The SMILES string of the molecule is Cc1cccc(Sc2ccc3c(c2)OCCC3CNc2cnccc2C(=O)O)c1. The van der Waals surface area contributed by atoms with Crippen LogP contribution in [-0.4, -0.2) is 29.2 Å². The molecule has 4 rings (SSSR count). The fourth-order valence-electron chi connectivity index (χ4n) is 3.49. The van der Waals surface area contributed by atoms with Gasteiger partial charge < -0.3 is 15.2 Å². The Morgan fingerprint density at radius 1 is 1.24 bits per heavy atom. The minimum atomic E-state index is -0.958. The van der Waals surface area contributed by atoms with Crippen molar-refractivity contribution in [3.05, 3.63) is 77.6 Å². The van der Waals surface area contributed by atoms with E-state index in [1.165, 1.54) is 22.7 Å². The van der Waals surface area contributed by atoms with E-state index in [4.69, 9.17) is 4.74 Å². The van der Waals surface area contributed by atoms with Gasteiger partial charge in [0.05, 0.1) is 24.1 Å². The number of carboxylic acids is 1. The summed E-state index contributed by atoms with van der Waals surface area (Å²) in [6.07, 6.45) is 3.93. The van der Waals surface area contributed by atoms with Gasteiger partial charge in [0.15, 0.2) is 0 Å². The third-order valence-electron chi connectivity index (χ3n) is 4.96. The number of hydrogen-bond acceptors (Lipinski definition) is 5. The summed E-state index contributed by atoms with van der Waals surface area (Å²) in [4.78, 5) is 17.8. The average molecular weight is 407 g/mol. The summed E-state index contributed by atoms with van der Waals surface area (Å²) in [5.41, 5.74) is 3.17. The molecule has 3 aromatic rings. The van der Waals surface area contributed by atoms with Crippen LogP contribution in [0, 0.1) is 6.92 Å². The number of aromatic nitrogens is 1. The molecule has 5 nitrogen and oxygen atoms in total. The Morgan fingerprint density at radius 2 is 2.10 bits per heavy atom. The highest BCUT2D eigenvalue weighted by molar-refractivity contribution is 7.99. The Balaban J connectivity index is 1.49. The van der Waals surface area contributed by atoms with Gasteiger partial charge in [-0.2, -0.15) is 0 Å². The van der Waals surface area contributed by atoms with Gasteiger partial charge in [0.2, 0.25) is 0 Å². The highest BCUT2D eigenvalue weighted by Crippen LogP contribution is 2.38. The molecule has 2 N–H and O–H groups in total. The van der Waals surface area contributed by atoms with Gasteiger partial charge in [0.25, 0.3) is 0 Å². The molecular weight excluding hydrogens is 384 g/mol. The Kier molecular flexibility index (Phi) is 5.71. The summed E-state index contributed by atoms with van der Waals surface area (Å²) in [7, 11) is 0. The summed E-state index contributed by atoms with van der Waals surface area (Å²) >= 11 is 1.72. The molecule has 2 aromatic carbocycles. The lowest BCUT2D eigenvalue weighted by atomic mass is 9.93. The van der Waals surface area contributed by atoms with Crippen molar-refractivity contribution < 1.29 is 14.6 Å². The fourth-order valence-corrected chi connectivity index (χ4v) is 4.45. The van der Waals surface area contributed by atoms with Crippen molar-refractivity contribution in [2.24, 2.45) is 0 Å². The van der Waals surface area contributed by atoms with Crippen molar-refractivity contribution >= 4 is 23.4 Å². The first-order valence-corrected chi connectivity index (χ1v) is 10.3. The number of carboxylic acid groups (broad SMARTS) is 1. The van der Waals surface area contributed by atoms with Gasteiger partial charge in [-0.15, -0.1) is 0 Å². The number of nitrogens with one attached hydrogen (secondary N) is 1. The van der Waals surface area contributed by atoms with Crippen LogP contribution in [0.4, 0.5) is 5.69 Å². The lowest BCUT2D eigenvalue weighted by molar-refractivity contribution is 0.0697. The van der Waals surface area contributed by atoms with Crippen LogP contribution in [-0.2, 0) is 0 Å². The molecule has 1 aliphatic rings. The van der Waals surface area contributed by atoms with Crippen LogP contribution in [0.2, 0.25) is 0 Å². The van der Waals surface area contributed by atoms with E-state index in [1.54, 1.807) is 18.0 Å². The molecule has 0 fully saturated rings. The van der Waals surface area contributed by atoms with Crippen LogP contribution in [0.3, 0.4) is 0 Å². The van der Waals surface area contributed by atoms with Crippen molar-refractivity contribution in [3.8, 4) is 5.75 Å². The van der Waals surface area contributed by atoms with E-state index in [0.29, 0.717) is 18.8 Å². The van der Waals surface area contributed by atoms with Crippen LogP contribution in [0.5, 0.6) is 5.75 Å². The summed E-state index contributed by atoms with van der Waals surface area (Å²) in [5.74, 6) is 0.198. The lowest BCUT2D eigenvalue weighted by Crippen LogP contribution is -2.21. The summed E-state index contributed by atoms with van der Waals surface area (Å²) < 4.78 is 5.92. The van der Waals surface area contributed by atoms with Crippen molar-refractivity contribution in [1.82, 2.24) is 4.98 Å². The zero-order valence-electron chi connectivity index (χ0n) is 16.1. The number of aryl methyl sites for hydroxylation is 1. The topological polar surface area (TPSA) is 71.5 Å². The number of hydrogen-bond donors (Lipinski definition) is 2. The van der Waals surface area contributed by atoms with E-state index in [1.807, 2.05) is 0 Å². The van der Waals surface area contributed by atoms with Crippen LogP contribution in [0.15, 0.2) is 70.7 Å². The number of rotatable bonds is 6. The first-order valence-electron chi connectivity index (χ1n) is 9.52. The zero-order chi connectivity index (χ0) is 20.2. The fraction of sp³-hybridized carbons (Fsp3) is 0.217. The van der Waals surface area contributed by atoms with E-state index in [-0.39, 0.29) is 11.5 Å². The number of anilines is 1.